The molecule has 3 aromatic carbocycles. The normalized spacial score (nSPS) is 12.5. The Kier molecular flexibility index (Phi) is 5.29. The average Bonchev–Trinajstić information content (AvgIpc) is 2.67. The third-order valence-electron chi connectivity index (χ3n) is 5.13. The Morgan fingerprint density at radius 2 is 1.12 bits per heavy atom. The molecule has 132 valence electrons. The molecule has 0 atom stereocenters. The van der Waals surface area contributed by atoms with E-state index in [4.69, 9.17) is 0 Å². The van der Waals surface area contributed by atoms with Crippen LogP contribution in [0, 0.1) is 0 Å². The highest BCUT2D eigenvalue weighted by molar-refractivity contribution is 7.05. The van der Waals surface area contributed by atoms with E-state index in [1.165, 1.54) is 21.5 Å². The van der Waals surface area contributed by atoms with Crippen molar-refractivity contribution in [2.24, 2.45) is 0 Å². The lowest BCUT2D eigenvalue weighted by molar-refractivity contribution is 0.590. The largest absolute Gasteiger partial charge is 0.138 e. The van der Waals surface area contributed by atoms with Gasteiger partial charge in [0.25, 0.3) is 0 Å². The minimum Gasteiger partial charge on any atom is -0.0855 e. The zero-order chi connectivity index (χ0) is 18.6. The van der Waals surface area contributed by atoms with Crippen molar-refractivity contribution >= 4 is 24.5 Å². The fraction of sp³-hybridized carbons (Fsp3) is 0.200. The van der Waals surface area contributed by atoms with E-state index in [0.29, 0.717) is 0 Å². The van der Waals surface area contributed by atoms with Gasteiger partial charge < -0.3 is 0 Å². The van der Waals surface area contributed by atoms with Crippen molar-refractivity contribution in [1.29, 1.82) is 0 Å². The highest BCUT2D eigenvalue weighted by atomic mass is 28.3. The molecule has 0 nitrogen and oxygen atoms in total. The van der Waals surface area contributed by atoms with Gasteiger partial charge in [-0.3, -0.25) is 0 Å². The molecule has 3 aromatic rings. The van der Waals surface area contributed by atoms with Crippen LogP contribution in [0.4, 0.5) is 0 Å². The third-order valence-corrected chi connectivity index (χ3v) is 9.03. The molecule has 0 aliphatic carbocycles. The predicted molar refractivity (Wildman–Crippen MR) is 118 cm³/mol. The van der Waals surface area contributed by atoms with Crippen molar-refractivity contribution in [2.45, 2.75) is 32.7 Å². The summed E-state index contributed by atoms with van der Waals surface area (Å²) < 4.78 is 0. The fourth-order valence-electron chi connectivity index (χ4n) is 3.28. The number of hydrogen-bond acceptors (Lipinski definition) is 0. The molecule has 0 saturated carbocycles. The number of hydrogen-bond donors (Lipinski definition) is 0. The first-order chi connectivity index (χ1) is 12.4. The van der Waals surface area contributed by atoms with Gasteiger partial charge >= 0.3 is 0 Å². The zero-order valence-corrected chi connectivity index (χ0v) is 17.2. The van der Waals surface area contributed by atoms with Gasteiger partial charge in [-0.05, 0) is 16.5 Å². The van der Waals surface area contributed by atoms with Gasteiger partial charge in [-0.15, -0.1) is 0 Å². The van der Waals surface area contributed by atoms with Crippen LogP contribution in [0.25, 0.3) is 6.08 Å². The molecule has 26 heavy (non-hydrogen) atoms. The molecule has 0 unspecified atom stereocenters. The van der Waals surface area contributed by atoms with E-state index < -0.39 is 8.07 Å². The first kappa shape index (κ1) is 18.4. The van der Waals surface area contributed by atoms with Gasteiger partial charge in [0.2, 0.25) is 0 Å². The van der Waals surface area contributed by atoms with Crippen LogP contribution < -0.4 is 10.4 Å². The van der Waals surface area contributed by atoms with Crippen LogP contribution in [-0.2, 0) is 5.41 Å². The van der Waals surface area contributed by atoms with E-state index in [1.807, 2.05) is 0 Å². The molecule has 1 heteroatoms. The van der Waals surface area contributed by atoms with Crippen LogP contribution in [0.3, 0.4) is 0 Å². The molecule has 0 saturated heterocycles. The molecular weight excluding hydrogens is 328 g/mol. The lowest BCUT2D eigenvalue weighted by atomic mass is 9.87. The monoisotopic (exact) mass is 356 g/mol. The number of rotatable bonds is 4. The van der Waals surface area contributed by atoms with Crippen molar-refractivity contribution in [3.05, 3.63) is 102 Å². The molecule has 0 heterocycles. The highest BCUT2D eigenvalue weighted by Gasteiger charge is 2.28. The van der Waals surface area contributed by atoms with Crippen LogP contribution in [0.2, 0.25) is 6.55 Å². The van der Waals surface area contributed by atoms with E-state index in [-0.39, 0.29) is 5.41 Å². The summed E-state index contributed by atoms with van der Waals surface area (Å²) in [5.41, 5.74) is 5.30. The second-order valence-corrected chi connectivity index (χ2v) is 12.0. The Balaban J connectivity index is 1.98. The maximum absolute atomic E-state index is 2.46. The fourth-order valence-corrected chi connectivity index (χ4v) is 6.30. The summed E-state index contributed by atoms with van der Waals surface area (Å²) >= 11 is 0. The Labute approximate surface area is 159 Å². The molecule has 0 radical (unpaired) electrons. The summed E-state index contributed by atoms with van der Waals surface area (Å²) in [6.45, 7) is 9.20. The van der Waals surface area contributed by atoms with Crippen molar-refractivity contribution in [2.75, 3.05) is 0 Å². The molecule has 0 aliphatic heterocycles. The third kappa shape index (κ3) is 4.05. The van der Waals surface area contributed by atoms with Crippen molar-refractivity contribution < 1.29 is 0 Å². The maximum atomic E-state index is 2.46. The predicted octanol–water partition coefficient (Wildman–Crippen LogP) is 5.43. The Morgan fingerprint density at radius 3 is 1.54 bits per heavy atom. The molecule has 0 amide bonds. The Bertz CT molecular complexity index is 814. The molecule has 0 bridgehead atoms. The lowest BCUT2D eigenvalue weighted by Crippen LogP contribution is -2.54. The summed E-state index contributed by atoms with van der Waals surface area (Å²) in [4.78, 5) is 0. The lowest BCUT2D eigenvalue weighted by Gasteiger charge is -2.25. The molecule has 0 fully saturated rings. The zero-order valence-electron chi connectivity index (χ0n) is 16.2. The van der Waals surface area contributed by atoms with Gasteiger partial charge in [0.15, 0.2) is 0 Å². The van der Waals surface area contributed by atoms with Gasteiger partial charge in [0.05, 0.1) is 0 Å². The van der Waals surface area contributed by atoms with Gasteiger partial charge in [-0.2, -0.15) is 0 Å². The van der Waals surface area contributed by atoms with Crippen molar-refractivity contribution in [1.82, 2.24) is 0 Å². The Hall–Kier alpha value is -2.38. The summed E-state index contributed by atoms with van der Waals surface area (Å²) in [6.07, 6.45) is 2.30. The molecule has 0 spiro atoms. The van der Waals surface area contributed by atoms with Crippen LogP contribution in [0.15, 0.2) is 90.6 Å². The van der Waals surface area contributed by atoms with E-state index in [1.54, 1.807) is 0 Å². The molecular formula is C25H28Si. The quantitative estimate of drug-likeness (QED) is 0.547. The van der Waals surface area contributed by atoms with Crippen LogP contribution >= 0.6 is 0 Å². The van der Waals surface area contributed by atoms with Crippen molar-refractivity contribution in [3.8, 4) is 0 Å². The van der Waals surface area contributed by atoms with Crippen molar-refractivity contribution in [3.63, 3.8) is 0 Å². The highest BCUT2D eigenvalue weighted by Crippen LogP contribution is 2.22. The maximum Gasteiger partial charge on any atom is 0.138 e. The molecule has 0 aliphatic rings. The van der Waals surface area contributed by atoms with Gasteiger partial charge in [0.1, 0.15) is 8.07 Å². The van der Waals surface area contributed by atoms with Gasteiger partial charge in [0, 0.05) is 0 Å². The standard InChI is InChI=1S/C25H28Si/c1-25(2,3)22-17-15-21(16-18-22)19-20-26(4,23-11-7-5-8-12-23)24-13-9-6-10-14-24/h5-20H,1-4H3/b20-19+. The van der Waals surface area contributed by atoms with E-state index in [2.05, 4.69) is 124 Å². The van der Waals surface area contributed by atoms with E-state index in [9.17, 15) is 0 Å². The minimum atomic E-state index is -1.92. The molecule has 0 N–H and O–H groups in total. The first-order valence-corrected chi connectivity index (χ1v) is 11.9. The van der Waals surface area contributed by atoms with E-state index in [0.717, 1.165) is 0 Å². The summed E-state index contributed by atoms with van der Waals surface area (Å²) in [5, 5.41) is 2.88. The summed E-state index contributed by atoms with van der Waals surface area (Å²) in [5.74, 6) is 0. The second-order valence-electron chi connectivity index (χ2n) is 8.14. The minimum absolute atomic E-state index is 0.194. The second kappa shape index (κ2) is 7.47. The van der Waals surface area contributed by atoms with Crippen LogP contribution in [0.1, 0.15) is 31.9 Å². The smallest absolute Gasteiger partial charge is 0.0855 e. The molecule has 3 rings (SSSR count). The van der Waals surface area contributed by atoms with E-state index >= 15 is 0 Å². The molecule has 0 aromatic heterocycles. The van der Waals surface area contributed by atoms with Gasteiger partial charge in [-0.1, -0.05) is 134 Å². The average molecular weight is 357 g/mol. The first-order valence-electron chi connectivity index (χ1n) is 9.30. The SMILES string of the molecule is CC(C)(C)c1ccc(/C=C/[Si](C)(c2ccccc2)c2ccccc2)cc1. The Morgan fingerprint density at radius 1 is 0.654 bits per heavy atom. The summed E-state index contributed by atoms with van der Waals surface area (Å²) in [7, 11) is -1.92. The topological polar surface area (TPSA) is 0 Å². The van der Waals surface area contributed by atoms with Crippen LogP contribution in [-0.4, -0.2) is 8.07 Å². The summed E-state index contributed by atoms with van der Waals surface area (Å²) in [6, 6.07) is 30.8. The van der Waals surface area contributed by atoms with Gasteiger partial charge in [-0.25, -0.2) is 0 Å². The van der Waals surface area contributed by atoms with Crippen LogP contribution in [0.5, 0.6) is 0 Å². The number of benzene rings is 3.